The quantitative estimate of drug-likeness (QED) is 0.835. The molecule has 0 atom stereocenters. The zero-order valence-corrected chi connectivity index (χ0v) is 10.8. The van der Waals surface area contributed by atoms with Crippen molar-refractivity contribution in [2.24, 2.45) is 0 Å². The van der Waals surface area contributed by atoms with Crippen LogP contribution in [0.5, 0.6) is 5.75 Å². The number of ether oxygens (including phenoxy) is 2. The molecule has 2 N–H and O–H groups in total. The first-order chi connectivity index (χ1) is 8.83. The van der Waals surface area contributed by atoms with Crippen molar-refractivity contribution in [1.29, 1.82) is 0 Å². The molecule has 2 aliphatic rings. The summed E-state index contributed by atoms with van der Waals surface area (Å²) in [5, 5.41) is 0. The van der Waals surface area contributed by atoms with E-state index in [1.54, 1.807) is 0 Å². The third-order valence-corrected chi connectivity index (χ3v) is 3.91. The number of hydrogen-bond donors (Lipinski definition) is 1. The molecular weight excluding hydrogens is 226 g/mol. The fourth-order valence-electron chi connectivity index (χ4n) is 2.96. The lowest BCUT2D eigenvalue weighted by Crippen LogP contribution is -2.16. The van der Waals surface area contributed by atoms with Gasteiger partial charge in [-0.1, -0.05) is 19.3 Å². The Morgan fingerprint density at radius 2 is 2.06 bits per heavy atom. The second-order valence-electron chi connectivity index (χ2n) is 5.34. The summed E-state index contributed by atoms with van der Waals surface area (Å²) >= 11 is 0. The third kappa shape index (κ3) is 2.46. The van der Waals surface area contributed by atoms with Gasteiger partial charge in [-0.3, -0.25) is 0 Å². The van der Waals surface area contributed by atoms with Crippen LogP contribution in [0.25, 0.3) is 0 Å². The number of hydrogen-bond acceptors (Lipinski definition) is 3. The Morgan fingerprint density at radius 3 is 2.89 bits per heavy atom. The van der Waals surface area contributed by atoms with Gasteiger partial charge in [0.1, 0.15) is 5.75 Å². The number of rotatable bonds is 3. The number of nitrogen functional groups attached to an aromatic ring is 1. The van der Waals surface area contributed by atoms with Crippen LogP contribution in [0.2, 0.25) is 0 Å². The van der Waals surface area contributed by atoms with Gasteiger partial charge in [0.2, 0.25) is 0 Å². The smallest absolute Gasteiger partial charge is 0.128 e. The second kappa shape index (κ2) is 5.19. The molecule has 1 fully saturated rings. The van der Waals surface area contributed by atoms with Crippen LogP contribution >= 0.6 is 0 Å². The van der Waals surface area contributed by atoms with Crippen molar-refractivity contribution in [1.82, 2.24) is 0 Å². The van der Waals surface area contributed by atoms with Crippen molar-refractivity contribution in [2.45, 2.75) is 51.2 Å². The lowest BCUT2D eigenvalue weighted by atomic mass is 9.98. The Bertz CT molecular complexity index is 425. The molecule has 0 bridgehead atoms. The van der Waals surface area contributed by atoms with Gasteiger partial charge >= 0.3 is 0 Å². The van der Waals surface area contributed by atoms with Crippen LogP contribution in [0.15, 0.2) is 12.1 Å². The number of nitrogens with two attached hydrogens (primary N) is 1. The summed E-state index contributed by atoms with van der Waals surface area (Å²) in [5.41, 5.74) is 9.10. The predicted molar refractivity (Wildman–Crippen MR) is 71.7 cm³/mol. The van der Waals surface area contributed by atoms with Gasteiger partial charge in [0.25, 0.3) is 0 Å². The SMILES string of the molecule is Nc1cc2c(c(COC3CCCCC3)c1)OCC2. The van der Waals surface area contributed by atoms with Crippen LogP contribution in [0, 0.1) is 0 Å². The van der Waals surface area contributed by atoms with Crippen LogP contribution in [0.1, 0.15) is 43.2 Å². The Labute approximate surface area is 108 Å². The fourth-order valence-corrected chi connectivity index (χ4v) is 2.96. The van der Waals surface area contributed by atoms with Gasteiger partial charge in [-0.15, -0.1) is 0 Å². The topological polar surface area (TPSA) is 44.5 Å². The Balaban J connectivity index is 1.68. The standard InChI is InChI=1S/C15H21NO2/c16-13-8-11-6-7-17-15(11)12(9-13)10-18-14-4-2-1-3-5-14/h8-9,14H,1-7,10,16H2. The summed E-state index contributed by atoms with van der Waals surface area (Å²) in [6.45, 7) is 1.41. The average Bonchev–Trinajstić information content (AvgIpc) is 2.85. The summed E-state index contributed by atoms with van der Waals surface area (Å²) in [5.74, 6) is 1.01. The zero-order chi connectivity index (χ0) is 12.4. The van der Waals surface area contributed by atoms with Gasteiger partial charge in [-0.25, -0.2) is 0 Å². The maximum atomic E-state index is 6.01. The van der Waals surface area contributed by atoms with Crippen molar-refractivity contribution >= 4 is 5.69 Å². The Morgan fingerprint density at radius 1 is 1.22 bits per heavy atom. The van der Waals surface area contributed by atoms with Crippen molar-refractivity contribution in [2.75, 3.05) is 12.3 Å². The molecule has 98 valence electrons. The van der Waals surface area contributed by atoms with E-state index in [0.717, 1.165) is 30.0 Å². The molecule has 0 radical (unpaired) electrons. The van der Waals surface area contributed by atoms with E-state index in [1.807, 2.05) is 12.1 Å². The number of fused-ring (bicyclic) bond motifs is 1. The summed E-state index contributed by atoms with van der Waals surface area (Å²) in [4.78, 5) is 0. The molecule has 1 aliphatic heterocycles. The lowest BCUT2D eigenvalue weighted by Gasteiger charge is -2.22. The van der Waals surface area contributed by atoms with Crippen molar-refractivity contribution < 1.29 is 9.47 Å². The van der Waals surface area contributed by atoms with E-state index in [1.165, 1.54) is 37.7 Å². The first-order valence-corrected chi connectivity index (χ1v) is 6.98. The summed E-state index contributed by atoms with van der Waals surface area (Å²) in [6.07, 6.45) is 7.76. The third-order valence-electron chi connectivity index (χ3n) is 3.91. The molecule has 0 saturated heterocycles. The molecule has 1 saturated carbocycles. The molecule has 1 aromatic rings. The predicted octanol–water partition coefficient (Wildman–Crippen LogP) is 3.05. The number of benzene rings is 1. The molecule has 18 heavy (non-hydrogen) atoms. The highest BCUT2D eigenvalue weighted by Gasteiger charge is 2.19. The van der Waals surface area contributed by atoms with E-state index in [2.05, 4.69) is 0 Å². The van der Waals surface area contributed by atoms with E-state index in [4.69, 9.17) is 15.2 Å². The molecule has 3 nitrogen and oxygen atoms in total. The van der Waals surface area contributed by atoms with E-state index < -0.39 is 0 Å². The van der Waals surface area contributed by atoms with Gasteiger partial charge in [0.05, 0.1) is 19.3 Å². The highest BCUT2D eigenvalue weighted by Crippen LogP contribution is 2.33. The molecule has 0 aromatic heterocycles. The molecule has 1 aliphatic carbocycles. The van der Waals surface area contributed by atoms with Crippen molar-refractivity contribution in [3.8, 4) is 5.75 Å². The summed E-state index contributed by atoms with van der Waals surface area (Å²) in [6, 6.07) is 4.01. The lowest BCUT2D eigenvalue weighted by molar-refractivity contribution is 0.0160. The van der Waals surface area contributed by atoms with Gasteiger partial charge in [0, 0.05) is 17.7 Å². The van der Waals surface area contributed by atoms with Crippen LogP contribution in [-0.2, 0) is 17.8 Å². The van der Waals surface area contributed by atoms with Crippen molar-refractivity contribution in [3.05, 3.63) is 23.3 Å². The first-order valence-electron chi connectivity index (χ1n) is 6.98. The largest absolute Gasteiger partial charge is 0.493 e. The minimum Gasteiger partial charge on any atom is -0.493 e. The zero-order valence-electron chi connectivity index (χ0n) is 10.8. The molecule has 1 heterocycles. The highest BCUT2D eigenvalue weighted by molar-refractivity contribution is 5.54. The monoisotopic (exact) mass is 247 g/mol. The minimum atomic E-state index is 0.428. The van der Waals surface area contributed by atoms with Crippen LogP contribution in [-0.4, -0.2) is 12.7 Å². The van der Waals surface area contributed by atoms with E-state index >= 15 is 0 Å². The fraction of sp³-hybridized carbons (Fsp3) is 0.600. The van der Waals surface area contributed by atoms with E-state index in [0.29, 0.717) is 12.7 Å². The highest BCUT2D eigenvalue weighted by atomic mass is 16.5. The summed E-state index contributed by atoms with van der Waals surface area (Å²) in [7, 11) is 0. The van der Waals surface area contributed by atoms with Gasteiger partial charge < -0.3 is 15.2 Å². The summed E-state index contributed by atoms with van der Waals surface area (Å²) < 4.78 is 11.7. The van der Waals surface area contributed by atoms with Gasteiger partial charge in [-0.05, 0) is 30.5 Å². The second-order valence-corrected chi connectivity index (χ2v) is 5.34. The van der Waals surface area contributed by atoms with E-state index in [9.17, 15) is 0 Å². The van der Waals surface area contributed by atoms with E-state index in [-0.39, 0.29) is 0 Å². The Kier molecular flexibility index (Phi) is 3.41. The molecule has 3 rings (SSSR count). The molecular formula is C15H21NO2. The molecule has 3 heteroatoms. The normalized spacial score (nSPS) is 19.6. The first kappa shape index (κ1) is 11.8. The molecule has 1 aromatic carbocycles. The minimum absolute atomic E-state index is 0.428. The Hall–Kier alpha value is -1.22. The average molecular weight is 247 g/mol. The molecule has 0 spiro atoms. The van der Waals surface area contributed by atoms with Gasteiger partial charge in [0.15, 0.2) is 0 Å². The maximum absolute atomic E-state index is 6.01. The number of anilines is 1. The van der Waals surface area contributed by atoms with Crippen LogP contribution < -0.4 is 10.5 Å². The molecule has 0 amide bonds. The maximum Gasteiger partial charge on any atom is 0.128 e. The van der Waals surface area contributed by atoms with Crippen molar-refractivity contribution in [3.63, 3.8) is 0 Å². The van der Waals surface area contributed by atoms with Gasteiger partial charge in [-0.2, -0.15) is 0 Å². The van der Waals surface area contributed by atoms with Crippen LogP contribution in [0.4, 0.5) is 5.69 Å². The molecule has 0 unspecified atom stereocenters. The van der Waals surface area contributed by atoms with Crippen LogP contribution in [0.3, 0.4) is 0 Å².